The highest BCUT2D eigenvalue weighted by molar-refractivity contribution is 5.83. The number of aliphatic hydroxyl groups excluding tert-OH is 1. The van der Waals surface area contributed by atoms with Crippen molar-refractivity contribution >= 4 is 11.8 Å². The van der Waals surface area contributed by atoms with E-state index in [4.69, 9.17) is 5.11 Å². The van der Waals surface area contributed by atoms with Crippen molar-refractivity contribution in [2.75, 3.05) is 20.2 Å². The number of carbonyl (C=O) groups excluding carboxylic acids is 2. The first-order valence-electron chi connectivity index (χ1n) is 4.59. The van der Waals surface area contributed by atoms with Crippen LogP contribution in [0, 0.1) is 0 Å². The number of hydrogen-bond acceptors (Lipinski definition) is 3. The lowest BCUT2D eigenvalue weighted by atomic mass is 10.2. The van der Waals surface area contributed by atoms with Crippen molar-refractivity contribution in [2.45, 2.75) is 26.3 Å². The van der Waals surface area contributed by atoms with Crippen LogP contribution in [0.25, 0.3) is 0 Å². The molecule has 0 bridgehead atoms. The molecule has 0 radical (unpaired) electrons. The van der Waals surface area contributed by atoms with E-state index in [0.717, 1.165) is 0 Å². The maximum Gasteiger partial charge on any atom is 0.239 e. The van der Waals surface area contributed by atoms with Crippen molar-refractivity contribution < 1.29 is 14.7 Å². The SMILES string of the molecule is CC(=O)N(C)CC(=O)NC(C)CCO. The summed E-state index contributed by atoms with van der Waals surface area (Å²) in [7, 11) is 1.57. The van der Waals surface area contributed by atoms with Gasteiger partial charge < -0.3 is 15.3 Å². The summed E-state index contributed by atoms with van der Waals surface area (Å²) in [5, 5.41) is 11.3. The molecule has 0 spiro atoms. The lowest BCUT2D eigenvalue weighted by Crippen LogP contribution is -2.41. The monoisotopic (exact) mass is 202 g/mol. The van der Waals surface area contributed by atoms with Gasteiger partial charge in [0.15, 0.2) is 0 Å². The Kier molecular flexibility index (Phi) is 5.87. The number of hydrogen-bond donors (Lipinski definition) is 2. The van der Waals surface area contributed by atoms with Crippen LogP contribution in [-0.4, -0.2) is 48.1 Å². The zero-order valence-electron chi connectivity index (χ0n) is 8.91. The predicted molar refractivity (Wildman–Crippen MR) is 52.6 cm³/mol. The molecule has 0 aromatic heterocycles. The standard InChI is InChI=1S/C9H18N2O3/c1-7(4-5-12)10-9(14)6-11(3)8(2)13/h7,12H,4-6H2,1-3H3,(H,10,14). The van der Waals surface area contributed by atoms with E-state index in [2.05, 4.69) is 5.32 Å². The molecule has 0 saturated carbocycles. The number of rotatable bonds is 5. The number of nitrogens with one attached hydrogen (secondary N) is 1. The molecule has 0 saturated heterocycles. The lowest BCUT2D eigenvalue weighted by Gasteiger charge is -2.17. The second kappa shape index (κ2) is 6.37. The topological polar surface area (TPSA) is 69.6 Å². The van der Waals surface area contributed by atoms with E-state index in [-0.39, 0.29) is 31.0 Å². The molecule has 5 heteroatoms. The Hall–Kier alpha value is -1.10. The van der Waals surface area contributed by atoms with E-state index >= 15 is 0 Å². The molecule has 0 aliphatic carbocycles. The quantitative estimate of drug-likeness (QED) is 0.622. The maximum atomic E-state index is 11.3. The van der Waals surface area contributed by atoms with Crippen LogP contribution < -0.4 is 5.32 Å². The van der Waals surface area contributed by atoms with Crippen molar-refractivity contribution in [3.8, 4) is 0 Å². The molecule has 14 heavy (non-hydrogen) atoms. The minimum atomic E-state index is -0.205. The highest BCUT2D eigenvalue weighted by Crippen LogP contribution is 1.89. The number of carbonyl (C=O) groups is 2. The van der Waals surface area contributed by atoms with Crippen LogP contribution in [0.3, 0.4) is 0 Å². The first-order chi connectivity index (χ1) is 6.47. The van der Waals surface area contributed by atoms with Gasteiger partial charge in [0.2, 0.25) is 11.8 Å². The molecule has 5 nitrogen and oxygen atoms in total. The highest BCUT2D eigenvalue weighted by Gasteiger charge is 2.10. The molecule has 2 N–H and O–H groups in total. The molecule has 0 heterocycles. The van der Waals surface area contributed by atoms with E-state index < -0.39 is 0 Å². The molecule has 1 atom stereocenters. The van der Waals surface area contributed by atoms with Gasteiger partial charge in [0.1, 0.15) is 0 Å². The number of amides is 2. The van der Waals surface area contributed by atoms with Crippen molar-refractivity contribution in [1.82, 2.24) is 10.2 Å². The fraction of sp³-hybridized carbons (Fsp3) is 0.778. The fourth-order valence-electron chi connectivity index (χ4n) is 0.913. The Balaban J connectivity index is 3.80. The zero-order chi connectivity index (χ0) is 11.1. The third kappa shape index (κ3) is 5.53. The normalized spacial score (nSPS) is 12.0. The van der Waals surface area contributed by atoms with E-state index in [1.54, 1.807) is 7.05 Å². The molecule has 82 valence electrons. The van der Waals surface area contributed by atoms with Gasteiger partial charge in [-0.2, -0.15) is 0 Å². The van der Waals surface area contributed by atoms with Crippen LogP contribution >= 0.6 is 0 Å². The molecule has 0 aromatic carbocycles. The Bertz CT molecular complexity index is 206. The third-order valence-electron chi connectivity index (χ3n) is 1.89. The van der Waals surface area contributed by atoms with Gasteiger partial charge in [0.25, 0.3) is 0 Å². The first-order valence-corrected chi connectivity index (χ1v) is 4.59. The summed E-state index contributed by atoms with van der Waals surface area (Å²) in [6, 6.07) is -0.0622. The largest absolute Gasteiger partial charge is 0.396 e. The van der Waals surface area contributed by atoms with E-state index in [1.165, 1.54) is 11.8 Å². The van der Waals surface area contributed by atoms with Crippen LogP contribution in [-0.2, 0) is 9.59 Å². The Morgan fingerprint density at radius 3 is 2.50 bits per heavy atom. The van der Waals surface area contributed by atoms with Gasteiger partial charge >= 0.3 is 0 Å². The molecule has 0 aromatic rings. The minimum absolute atomic E-state index is 0.0456. The number of nitrogens with zero attached hydrogens (tertiary/aromatic N) is 1. The Labute approximate surface area is 84.1 Å². The zero-order valence-corrected chi connectivity index (χ0v) is 8.91. The predicted octanol–water partition coefficient (Wildman–Crippen LogP) is -0.648. The minimum Gasteiger partial charge on any atom is -0.396 e. The maximum absolute atomic E-state index is 11.3. The van der Waals surface area contributed by atoms with E-state index in [9.17, 15) is 9.59 Å². The van der Waals surface area contributed by atoms with Crippen molar-refractivity contribution in [3.63, 3.8) is 0 Å². The van der Waals surface area contributed by atoms with Crippen LogP contribution in [0.4, 0.5) is 0 Å². The van der Waals surface area contributed by atoms with Crippen molar-refractivity contribution in [2.24, 2.45) is 0 Å². The molecule has 0 fully saturated rings. The summed E-state index contributed by atoms with van der Waals surface area (Å²) >= 11 is 0. The van der Waals surface area contributed by atoms with Crippen molar-refractivity contribution in [1.29, 1.82) is 0 Å². The van der Waals surface area contributed by atoms with Gasteiger partial charge in [-0.05, 0) is 13.3 Å². The van der Waals surface area contributed by atoms with Crippen LogP contribution in [0.15, 0.2) is 0 Å². The van der Waals surface area contributed by atoms with E-state index in [0.29, 0.717) is 6.42 Å². The second-order valence-electron chi connectivity index (χ2n) is 3.36. The average molecular weight is 202 g/mol. The molecule has 0 aliphatic heterocycles. The van der Waals surface area contributed by atoms with Gasteiger partial charge in [-0.25, -0.2) is 0 Å². The molecule has 0 aliphatic rings. The average Bonchev–Trinajstić information content (AvgIpc) is 2.03. The summed E-state index contributed by atoms with van der Waals surface area (Å²) in [5.74, 6) is -0.349. The smallest absolute Gasteiger partial charge is 0.239 e. The molecule has 0 rings (SSSR count). The number of aliphatic hydroxyl groups is 1. The molecular formula is C9H18N2O3. The summed E-state index contributed by atoms with van der Waals surface area (Å²) < 4.78 is 0. The summed E-state index contributed by atoms with van der Waals surface area (Å²) in [4.78, 5) is 23.4. The third-order valence-corrected chi connectivity index (χ3v) is 1.89. The van der Waals surface area contributed by atoms with Crippen LogP contribution in [0.1, 0.15) is 20.3 Å². The van der Waals surface area contributed by atoms with Crippen molar-refractivity contribution in [3.05, 3.63) is 0 Å². The highest BCUT2D eigenvalue weighted by atomic mass is 16.3. The molecule has 1 unspecified atom stereocenters. The van der Waals surface area contributed by atoms with Gasteiger partial charge in [0.05, 0.1) is 6.54 Å². The Morgan fingerprint density at radius 2 is 2.07 bits per heavy atom. The Morgan fingerprint density at radius 1 is 1.50 bits per heavy atom. The second-order valence-corrected chi connectivity index (χ2v) is 3.36. The van der Waals surface area contributed by atoms with Gasteiger partial charge in [-0.3, -0.25) is 9.59 Å². The first kappa shape index (κ1) is 12.9. The lowest BCUT2D eigenvalue weighted by molar-refractivity contribution is -0.133. The van der Waals surface area contributed by atoms with Gasteiger partial charge in [0, 0.05) is 26.6 Å². The van der Waals surface area contributed by atoms with Gasteiger partial charge in [-0.15, -0.1) is 0 Å². The van der Waals surface area contributed by atoms with Crippen LogP contribution in [0.2, 0.25) is 0 Å². The molecular weight excluding hydrogens is 184 g/mol. The summed E-state index contributed by atoms with van der Waals surface area (Å²) in [6.45, 7) is 3.32. The van der Waals surface area contributed by atoms with Crippen LogP contribution in [0.5, 0.6) is 0 Å². The number of likely N-dealkylation sites (N-methyl/N-ethyl adjacent to an activating group) is 1. The fourth-order valence-corrected chi connectivity index (χ4v) is 0.913. The summed E-state index contributed by atoms with van der Waals surface area (Å²) in [6.07, 6.45) is 0.523. The van der Waals surface area contributed by atoms with E-state index in [1.807, 2.05) is 6.92 Å². The van der Waals surface area contributed by atoms with Gasteiger partial charge in [-0.1, -0.05) is 0 Å². The molecule has 2 amide bonds. The summed E-state index contributed by atoms with van der Waals surface area (Å²) in [5.41, 5.74) is 0.